The predicted molar refractivity (Wildman–Crippen MR) is 129 cm³/mol. The van der Waals surface area contributed by atoms with Gasteiger partial charge in [-0.2, -0.15) is 4.31 Å². The highest BCUT2D eigenvalue weighted by Crippen LogP contribution is 2.21. The maximum Gasteiger partial charge on any atom is 0.251 e. The number of nitrogens with one attached hydrogen (secondary N) is 2. The molecule has 2 aromatic rings. The van der Waals surface area contributed by atoms with Crippen molar-refractivity contribution in [3.63, 3.8) is 0 Å². The van der Waals surface area contributed by atoms with E-state index in [2.05, 4.69) is 49.3 Å². The van der Waals surface area contributed by atoms with Gasteiger partial charge in [0.15, 0.2) is 0 Å². The summed E-state index contributed by atoms with van der Waals surface area (Å²) in [5.41, 5.74) is 4.02. The van der Waals surface area contributed by atoms with Crippen LogP contribution >= 0.6 is 0 Å². The monoisotopic (exact) mass is 469 g/mol. The first-order valence-corrected chi connectivity index (χ1v) is 12.5. The third kappa shape index (κ3) is 6.30. The fourth-order valence-corrected chi connectivity index (χ4v) is 5.37. The largest absolute Gasteiger partial charge is 0.352 e. The van der Waals surface area contributed by atoms with Gasteiger partial charge in [0.2, 0.25) is 15.9 Å². The van der Waals surface area contributed by atoms with Crippen LogP contribution in [0.1, 0.15) is 39.9 Å². The summed E-state index contributed by atoms with van der Waals surface area (Å²) in [6.07, 6.45) is 3.27. The van der Waals surface area contributed by atoms with Gasteiger partial charge in [0.05, 0.1) is 4.90 Å². The van der Waals surface area contributed by atoms with E-state index in [1.807, 2.05) is 0 Å². The molecule has 0 bridgehead atoms. The number of nitrogens with zero attached hydrogens (tertiary/aromatic N) is 1. The van der Waals surface area contributed by atoms with Crippen molar-refractivity contribution in [1.29, 1.82) is 0 Å². The van der Waals surface area contributed by atoms with Crippen molar-refractivity contribution in [2.45, 2.75) is 44.0 Å². The Labute approximate surface area is 195 Å². The molecule has 2 aromatic carbocycles. The zero-order chi connectivity index (χ0) is 24.0. The van der Waals surface area contributed by atoms with Crippen LogP contribution in [0, 0.1) is 13.8 Å². The summed E-state index contributed by atoms with van der Waals surface area (Å²) in [7, 11) is -3.72. The number of hydrogen-bond donors (Lipinski definition) is 2. The van der Waals surface area contributed by atoms with Crippen molar-refractivity contribution in [2.75, 3.05) is 19.6 Å². The topological polar surface area (TPSA) is 95.6 Å². The predicted octanol–water partition coefficient (Wildman–Crippen LogP) is 2.73. The van der Waals surface area contributed by atoms with E-state index in [4.69, 9.17) is 0 Å². The smallest absolute Gasteiger partial charge is 0.251 e. The molecule has 1 aliphatic rings. The van der Waals surface area contributed by atoms with Crippen LogP contribution in [0.4, 0.5) is 0 Å². The summed E-state index contributed by atoms with van der Waals surface area (Å²) in [5, 5.41) is 5.65. The lowest BCUT2D eigenvalue weighted by atomic mass is 10.0. The molecule has 3 rings (SSSR count). The van der Waals surface area contributed by atoms with Crippen LogP contribution in [0.3, 0.4) is 0 Å². The lowest BCUT2D eigenvalue weighted by Gasteiger charge is -2.32. The minimum Gasteiger partial charge on any atom is -0.352 e. The third-order valence-corrected chi connectivity index (χ3v) is 7.82. The van der Waals surface area contributed by atoms with Crippen LogP contribution in [0.25, 0.3) is 0 Å². The molecule has 0 saturated carbocycles. The van der Waals surface area contributed by atoms with Crippen molar-refractivity contribution in [3.8, 4) is 0 Å². The quantitative estimate of drug-likeness (QED) is 0.581. The number of amides is 2. The average molecular weight is 470 g/mol. The summed E-state index contributed by atoms with van der Waals surface area (Å²) in [4.78, 5) is 24.2. The van der Waals surface area contributed by atoms with Gasteiger partial charge in [-0.05, 0) is 80.1 Å². The molecular weight excluding hydrogens is 438 g/mol. The van der Waals surface area contributed by atoms with Gasteiger partial charge in [0.25, 0.3) is 5.91 Å². The first-order valence-electron chi connectivity index (χ1n) is 11.1. The molecule has 0 aliphatic carbocycles. The highest BCUT2D eigenvalue weighted by molar-refractivity contribution is 7.89. The summed E-state index contributed by atoms with van der Waals surface area (Å²) < 4.78 is 27.5. The second-order valence-electron chi connectivity index (χ2n) is 8.36. The molecule has 176 valence electrons. The van der Waals surface area contributed by atoms with E-state index in [1.54, 1.807) is 0 Å². The number of hydrogen-bond acceptors (Lipinski definition) is 4. The van der Waals surface area contributed by atoms with Crippen LogP contribution < -0.4 is 10.6 Å². The number of rotatable bonds is 8. The molecule has 1 fully saturated rings. The highest BCUT2D eigenvalue weighted by atomic mass is 32.2. The average Bonchev–Trinajstić information content (AvgIpc) is 2.81. The summed E-state index contributed by atoms with van der Waals surface area (Å²) in [5.74, 6) is -0.555. The van der Waals surface area contributed by atoms with Crippen molar-refractivity contribution in [2.24, 2.45) is 0 Å². The van der Waals surface area contributed by atoms with E-state index in [0.29, 0.717) is 31.5 Å². The van der Waals surface area contributed by atoms with Crippen molar-refractivity contribution >= 4 is 21.8 Å². The van der Waals surface area contributed by atoms with Gasteiger partial charge in [-0.1, -0.05) is 24.8 Å². The zero-order valence-electron chi connectivity index (χ0n) is 19.1. The van der Waals surface area contributed by atoms with E-state index < -0.39 is 10.0 Å². The molecular formula is C25H31N3O4S. The van der Waals surface area contributed by atoms with E-state index in [1.165, 1.54) is 45.8 Å². The molecule has 0 aromatic heterocycles. The molecule has 2 N–H and O–H groups in total. The Balaban J connectivity index is 1.58. The van der Waals surface area contributed by atoms with Gasteiger partial charge in [-0.15, -0.1) is 0 Å². The van der Waals surface area contributed by atoms with Crippen LogP contribution in [0.15, 0.2) is 60.0 Å². The molecule has 1 heterocycles. The summed E-state index contributed by atoms with van der Waals surface area (Å²) >= 11 is 0. The van der Waals surface area contributed by atoms with Gasteiger partial charge in [0.1, 0.15) is 0 Å². The minimum absolute atomic E-state index is 0.130. The fourth-order valence-electron chi connectivity index (χ4n) is 3.85. The molecule has 1 saturated heterocycles. The lowest BCUT2D eigenvalue weighted by Crippen LogP contribution is -2.49. The molecule has 7 nitrogen and oxygen atoms in total. The number of piperidine rings is 1. The Bertz CT molecular complexity index is 1130. The first kappa shape index (κ1) is 24.7. The lowest BCUT2D eigenvalue weighted by molar-refractivity contribution is -0.117. The number of sulfonamides is 1. The molecule has 0 unspecified atom stereocenters. The Morgan fingerprint density at radius 2 is 1.85 bits per heavy atom. The molecule has 2 amide bonds. The molecule has 8 heteroatoms. The number of aryl methyl sites for hydroxylation is 2. The van der Waals surface area contributed by atoms with Gasteiger partial charge in [-0.3, -0.25) is 9.59 Å². The van der Waals surface area contributed by atoms with Crippen LogP contribution in [-0.4, -0.2) is 50.2 Å². The van der Waals surface area contributed by atoms with Crippen molar-refractivity contribution in [1.82, 2.24) is 14.9 Å². The van der Waals surface area contributed by atoms with E-state index >= 15 is 0 Å². The Morgan fingerprint density at radius 3 is 2.52 bits per heavy atom. The first-order chi connectivity index (χ1) is 15.7. The maximum absolute atomic E-state index is 13.0. The molecule has 0 radical (unpaired) electrons. The molecule has 33 heavy (non-hydrogen) atoms. The van der Waals surface area contributed by atoms with E-state index in [0.717, 1.165) is 12.0 Å². The highest BCUT2D eigenvalue weighted by Gasteiger charge is 2.30. The van der Waals surface area contributed by atoms with Crippen LogP contribution in [-0.2, 0) is 21.2 Å². The Kier molecular flexibility index (Phi) is 8.05. The SMILES string of the molecule is C=CC(=O)N[C@H]1CCCN(S(=O)(=O)c2ccc(C(=O)NCCc3ccc(C)c(C)c3)cc2)C1. The van der Waals surface area contributed by atoms with Crippen LogP contribution in [0.2, 0.25) is 0 Å². The molecule has 1 atom stereocenters. The number of carbonyl (C=O) groups excluding carboxylic acids is 2. The Hall–Kier alpha value is -2.97. The number of benzene rings is 2. The van der Waals surface area contributed by atoms with E-state index in [9.17, 15) is 18.0 Å². The van der Waals surface area contributed by atoms with Crippen molar-refractivity contribution in [3.05, 3.63) is 77.4 Å². The van der Waals surface area contributed by atoms with Gasteiger partial charge < -0.3 is 10.6 Å². The molecule has 1 aliphatic heterocycles. The standard InChI is InChI=1S/C25H31N3O4S/c1-4-24(29)27-22-6-5-15-28(17-22)33(31,32)23-11-9-21(10-12-23)25(30)26-14-13-20-8-7-18(2)19(3)16-20/h4,7-12,16,22H,1,5-6,13-15,17H2,2-3H3,(H,26,30)(H,27,29)/t22-/m0/s1. The normalized spacial score (nSPS) is 16.7. The van der Waals surface area contributed by atoms with Gasteiger partial charge in [0, 0.05) is 31.2 Å². The minimum atomic E-state index is -3.72. The summed E-state index contributed by atoms with van der Waals surface area (Å²) in [6.45, 7) is 8.65. The van der Waals surface area contributed by atoms with Gasteiger partial charge >= 0.3 is 0 Å². The zero-order valence-corrected chi connectivity index (χ0v) is 20.0. The van der Waals surface area contributed by atoms with Crippen molar-refractivity contribution < 1.29 is 18.0 Å². The summed E-state index contributed by atoms with van der Waals surface area (Å²) in [6, 6.07) is 12.0. The Morgan fingerprint density at radius 1 is 1.12 bits per heavy atom. The van der Waals surface area contributed by atoms with E-state index in [-0.39, 0.29) is 29.3 Å². The van der Waals surface area contributed by atoms with Crippen LogP contribution in [0.5, 0.6) is 0 Å². The molecule has 0 spiro atoms. The maximum atomic E-state index is 13.0. The third-order valence-electron chi connectivity index (χ3n) is 5.94. The fraction of sp³-hybridized carbons (Fsp3) is 0.360. The second kappa shape index (κ2) is 10.8. The van der Waals surface area contributed by atoms with Gasteiger partial charge in [-0.25, -0.2) is 8.42 Å². The second-order valence-corrected chi connectivity index (χ2v) is 10.3. The number of carbonyl (C=O) groups is 2.